The fraction of sp³-hybridized carbons (Fsp3) is 0.556. The van der Waals surface area contributed by atoms with E-state index < -0.39 is 23.1 Å². The molecule has 5 nitrogen and oxygen atoms in total. The van der Waals surface area contributed by atoms with Crippen molar-refractivity contribution in [1.29, 1.82) is 0 Å². The maximum Gasteiger partial charge on any atom is 0.312 e. The Morgan fingerprint density at radius 3 is 2.46 bits per heavy atom. The van der Waals surface area contributed by atoms with Crippen LogP contribution in [-0.2, 0) is 14.3 Å². The summed E-state index contributed by atoms with van der Waals surface area (Å²) in [6.07, 6.45) is 4.24. The third kappa shape index (κ3) is 4.32. The van der Waals surface area contributed by atoms with Crippen molar-refractivity contribution in [3.05, 3.63) is 35.6 Å². The second-order valence-electron chi connectivity index (χ2n) is 6.38. The number of amides is 1. The van der Waals surface area contributed by atoms with Crippen LogP contribution in [0.15, 0.2) is 24.3 Å². The molecule has 0 radical (unpaired) electrons. The Balaban J connectivity index is 2.03. The van der Waals surface area contributed by atoms with Crippen molar-refractivity contribution in [2.75, 3.05) is 20.3 Å². The van der Waals surface area contributed by atoms with Crippen molar-refractivity contribution in [3.8, 4) is 0 Å². The Hall–Kier alpha value is -1.95. The van der Waals surface area contributed by atoms with Crippen molar-refractivity contribution < 1.29 is 23.8 Å². The molecule has 1 aromatic carbocycles. The van der Waals surface area contributed by atoms with Gasteiger partial charge in [0.25, 0.3) is 0 Å². The van der Waals surface area contributed by atoms with Crippen molar-refractivity contribution >= 4 is 11.9 Å². The number of carbonyl (C=O) groups is 2. The van der Waals surface area contributed by atoms with E-state index in [0.717, 1.165) is 25.7 Å². The van der Waals surface area contributed by atoms with E-state index >= 15 is 0 Å². The minimum absolute atomic E-state index is 0.00543. The maximum absolute atomic E-state index is 13.0. The van der Waals surface area contributed by atoms with Gasteiger partial charge in [-0.1, -0.05) is 25.0 Å². The first kappa shape index (κ1) is 18.4. The molecule has 0 saturated heterocycles. The zero-order valence-corrected chi connectivity index (χ0v) is 13.9. The number of carboxylic acids is 1. The highest BCUT2D eigenvalue weighted by Crippen LogP contribution is 2.41. The van der Waals surface area contributed by atoms with Crippen LogP contribution in [0.25, 0.3) is 0 Å². The molecule has 2 rings (SSSR count). The number of rotatable bonds is 8. The number of methoxy groups -OCH3 is 1. The minimum atomic E-state index is -1.04. The Kier molecular flexibility index (Phi) is 6.31. The molecule has 2 N–H and O–H groups in total. The van der Waals surface area contributed by atoms with Crippen LogP contribution >= 0.6 is 0 Å². The van der Waals surface area contributed by atoms with Crippen LogP contribution in [0.3, 0.4) is 0 Å². The molecule has 1 amide bonds. The molecular formula is C18H24FNO4. The number of nitrogens with one attached hydrogen (secondary N) is 1. The number of hydrogen-bond donors (Lipinski definition) is 2. The second kappa shape index (κ2) is 8.24. The van der Waals surface area contributed by atoms with Gasteiger partial charge < -0.3 is 15.2 Å². The zero-order valence-electron chi connectivity index (χ0n) is 13.9. The molecule has 132 valence electrons. The largest absolute Gasteiger partial charge is 0.481 e. The molecule has 0 aromatic heterocycles. The van der Waals surface area contributed by atoms with Gasteiger partial charge >= 0.3 is 5.97 Å². The molecule has 24 heavy (non-hydrogen) atoms. The lowest BCUT2D eigenvalue weighted by Crippen LogP contribution is -2.42. The Bertz CT molecular complexity index is 567. The number of halogens is 1. The molecule has 1 aromatic rings. The van der Waals surface area contributed by atoms with Gasteiger partial charge in [-0.25, -0.2) is 4.39 Å². The summed E-state index contributed by atoms with van der Waals surface area (Å²) in [5.41, 5.74) is 0.0172. The van der Waals surface area contributed by atoms with Crippen LogP contribution in [0.5, 0.6) is 0 Å². The topological polar surface area (TPSA) is 75.6 Å². The van der Waals surface area contributed by atoms with Crippen molar-refractivity contribution in [2.45, 2.75) is 38.0 Å². The van der Waals surface area contributed by atoms with Gasteiger partial charge in [0, 0.05) is 20.3 Å². The zero-order chi connectivity index (χ0) is 17.6. The van der Waals surface area contributed by atoms with Crippen LogP contribution in [0.2, 0.25) is 0 Å². The molecule has 0 spiro atoms. The smallest absolute Gasteiger partial charge is 0.312 e. The van der Waals surface area contributed by atoms with E-state index in [4.69, 9.17) is 4.74 Å². The summed E-state index contributed by atoms with van der Waals surface area (Å²) in [5.74, 6) is -2.46. The first-order valence-electron chi connectivity index (χ1n) is 8.24. The average Bonchev–Trinajstić information content (AvgIpc) is 3.04. The summed E-state index contributed by atoms with van der Waals surface area (Å²) in [7, 11) is 1.61. The number of benzene rings is 1. The molecule has 1 atom stereocenters. The van der Waals surface area contributed by atoms with Gasteiger partial charge in [-0.2, -0.15) is 0 Å². The predicted molar refractivity (Wildman–Crippen MR) is 87.2 cm³/mol. The van der Waals surface area contributed by atoms with E-state index in [1.165, 1.54) is 24.3 Å². The standard InChI is InChI=1S/C18H24FNO4/c1-24-11-10-18(8-2-3-9-18)17(23)20-12-15(16(21)22)13-4-6-14(19)7-5-13/h4-7,15H,2-3,8-12H2,1H3,(H,20,23)(H,21,22). The number of hydrogen-bond acceptors (Lipinski definition) is 3. The lowest BCUT2D eigenvalue weighted by molar-refractivity contribution is -0.139. The van der Waals surface area contributed by atoms with E-state index in [0.29, 0.717) is 18.6 Å². The predicted octanol–water partition coefficient (Wildman–Crippen LogP) is 2.71. The number of carboxylic acid groups (broad SMARTS) is 1. The normalized spacial score (nSPS) is 17.4. The number of aliphatic carboxylic acids is 1. The summed E-state index contributed by atoms with van der Waals surface area (Å²) in [6.45, 7) is 0.502. The molecule has 1 unspecified atom stereocenters. The number of carbonyl (C=O) groups excluding carboxylic acids is 1. The van der Waals surface area contributed by atoms with Gasteiger partial charge in [0.2, 0.25) is 5.91 Å². The molecule has 0 bridgehead atoms. The highest BCUT2D eigenvalue weighted by Gasteiger charge is 2.40. The minimum Gasteiger partial charge on any atom is -0.481 e. The van der Waals surface area contributed by atoms with Crippen LogP contribution < -0.4 is 5.32 Å². The van der Waals surface area contributed by atoms with Gasteiger partial charge in [0.05, 0.1) is 11.3 Å². The summed E-state index contributed by atoms with van der Waals surface area (Å²) in [6, 6.07) is 5.33. The molecule has 1 saturated carbocycles. The van der Waals surface area contributed by atoms with E-state index in [1.54, 1.807) is 7.11 Å². The van der Waals surface area contributed by atoms with E-state index in [2.05, 4.69) is 5.32 Å². The molecule has 0 heterocycles. The third-order valence-electron chi connectivity index (χ3n) is 4.86. The second-order valence-corrected chi connectivity index (χ2v) is 6.38. The molecule has 6 heteroatoms. The van der Waals surface area contributed by atoms with E-state index in [1.807, 2.05) is 0 Å². The first-order valence-corrected chi connectivity index (χ1v) is 8.24. The highest BCUT2D eigenvalue weighted by atomic mass is 19.1. The average molecular weight is 337 g/mol. The van der Waals surface area contributed by atoms with Crippen molar-refractivity contribution in [2.24, 2.45) is 5.41 Å². The van der Waals surface area contributed by atoms with Crippen molar-refractivity contribution in [1.82, 2.24) is 5.32 Å². The van der Waals surface area contributed by atoms with Crippen LogP contribution in [0.1, 0.15) is 43.6 Å². The summed E-state index contributed by atoms with van der Waals surface area (Å²) < 4.78 is 18.1. The van der Waals surface area contributed by atoms with Gasteiger partial charge in [0.1, 0.15) is 5.82 Å². The van der Waals surface area contributed by atoms with Crippen molar-refractivity contribution in [3.63, 3.8) is 0 Å². The molecule has 1 fully saturated rings. The lowest BCUT2D eigenvalue weighted by atomic mass is 9.81. The first-order chi connectivity index (χ1) is 11.5. The molecular weight excluding hydrogens is 313 g/mol. The van der Waals surface area contributed by atoms with Gasteiger partial charge in [-0.3, -0.25) is 9.59 Å². The maximum atomic E-state index is 13.0. The Morgan fingerprint density at radius 2 is 1.92 bits per heavy atom. The quantitative estimate of drug-likeness (QED) is 0.765. The Labute approximate surface area is 141 Å². The summed E-state index contributed by atoms with van der Waals surface area (Å²) in [5, 5.41) is 12.2. The number of ether oxygens (including phenoxy) is 1. The summed E-state index contributed by atoms with van der Waals surface area (Å²) >= 11 is 0. The van der Waals surface area contributed by atoms with Crippen LogP contribution in [-0.4, -0.2) is 37.2 Å². The van der Waals surface area contributed by atoms with Crippen LogP contribution in [0, 0.1) is 11.2 Å². The molecule has 1 aliphatic carbocycles. The fourth-order valence-corrected chi connectivity index (χ4v) is 3.36. The molecule has 1 aliphatic rings. The summed E-state index contributed by atoms with van der Waals surface area (Å²) in [4.78, 5) is 24.2. The third-order valence-corrected chi connectivity index (χ3v) is 4.86. The van der Waals surface area contributed by atoms with Gasteiger partial charge in [-0.15, -0.1) is 0 Å². The van der Waals surface area contributed by atoms with Gasteiger partial charge in [-0.05, 0) is 37.0 Å². The Morgan fingerprint density at radius 1 is 1.29 bits per heavy atom. The van der Waals surface area contributed by atoms with E-state index in [9.17, 15) is 19.1 Å². The monoisotopic (exact) mass is 337 g/mol. The SMILES string of the molecule is COCCC1(C(=O)NCC(C(=O)O)c2ccc(F)cc2)CCCC1. The lowest BCUT2D eigenvalue weighted by Gasteiger charge is -2.28. The highest BCUT2D eigenvalue weighted by molar-refractivity contribution is 5.84. The van der Waals surface area contributed by atoms with Crippen LogP contribution in [0.4, 0.5) is 4.39 Å². The fourth-order valence-electron chi connectivity index (χ4n) is 3.36. The molecule has 0 aliphatic heterocycles. The van der Waals surface area contributed by atoms with Gasteiger partial charge in [0.15, 0.2) is 0 Å². The van der Waals surface area contributed by atoms with E-state index in [-0.39, 0.29) is 12.5 Å².